The molecule has 0 radical (unpaired) electrons. The summed E-state index contributed by atoms with van der Waals surface area (Å²) in [6.07, 6.45) is 3.41. The minimum atomic E-state index is 0.426. The van der Waals surface area contributed by atoms with E-state index in [0.29, 0.717) is 12.1 Å². The molecule has 0 spiro atoms. The molecule has 0 aliphatic carbocycles. The summed E-state index contributed by atoms with van der Waals surface area (Å²) >= 11 is 0. The Balaban J connectivity index is 1.89. The van der Waals surface area contributed by atoms with E-state index in [0.717, 1.165) is 31.2 Å². The number of morpholine rings is 1. The summed E-state index contributed by atoms with van der Waals surface area (Å²) in [7, 11) is 0. The summed E-state index contributed by atoms with van der Waals surface area (Å²) in [5, 5.41) is 0. The van der Waals surface area contributed by atoms with Crippen LogP contribution in [0.3, 0.4) is 0 Å². The molecule has 3 rings (SSSR count). The van der Waals surface area contributed by atoms with Crippen LogP contribution in [0, 0.1) is 6.92 Å². The van der Waals surface area contributed by atoms with Gasteiger partial charge in [0, 0.05) is 12.7 Å². The van der Waals surface area contributed by atoms with Gasteiger partial charge in [0.05, 0.1) is 18.8 Å². The first-order valence-electron chi connectivity index (χ1n) is 5.01. The fourth-order valence-electron chi connectivity index (χ4n) is 2.28. The van der Waals surface area contributed by atoms with Crippen molar-refractivity contribution in [2.45, 2.75) is 25.5 Å². The van der Waals surface area contributed by atoms with Crippen molar-refractivity contribution in [1.82, 2.24) is 9.97 Å². The molecule has 0 amide bonds. The third kappa shape index (κ3) is 1.18. The maximum atomic E-state index is 5.55. The SMILES string of the molecule is Cc1nccc(N2C[C@@H]3C[C@H]2CO3)n1. The van der Waals surface area contributed by atoms with Crippen LogP contribution in [-0.2, 0) is 4.74 Å². The molecule has 2 aliphatic rings. The summed E-state index contributed by atoms with van der Waals surface area (Å²) in [6, 6.07) is 2.52. The Morgan fingerprint density at radius 3 is 3.14 bits per heavy atom. The lowest BCUT2D eigenvalue weighted by atomic mass is 10.2. The fourth-order valence-corrected chi connectivity index (χ4v) is 2.28. The molecule has 2 saturated heterocycles. The molecule has 0 N–H and O–H groups in total. The molecule has 2 aliphatic heterocycles. The van der Waals surface area contributed by atoms with Crippen molar-refractivity contribution >= 4 is 5.82 Å². The van der Waals surface area contributed by atoms with Gasteiger partial charge in [0.1, 0.15) is 11.6 Å². The molecule has 0 aromatic carbocycles. The zero-order valence-electron chi connectivity index (χ0n) is 8.18. The monoisotopic (exact) mass is 191 g/mol. The number of aromatic nitrogens is 2. The molecule has 4 heteroatoms. The number of hydrogen-bond donors (Lipinski definition) is 0. The van der Waals surface area contributed by atoms with Gasteiger partial charge in [-0.15, -0.1) is 0 Å². The van der Waals surface area contributed by atoms with Gasteiger partial charge in [-0.2, -0.15) is 0 Å². The van der Waals surface area contributed by atoms with Crippen LogP contribution in [-0.4, -0.2) is 35.3 Å². The Kier molecular flexibility index (Phi) is 1.70. The molecule has 0 unspecified atom stereocenters. The summed E-state index contributed by atoms with van der Waals surface area (Å²) in [4.78, 5) is 10.9. The van der Waals surface area contributed by atoms with Gasteiger partial charge in [0.25, 0.3) is 0 Å². The average molecular weight is 191 g/mol. The molecule has 0 saturated carbocycles. The topological polar surface area (TPSA) is 38.2 Å². The van der Waals surface area contributed by atoms with Crippen molar-refractivity contribution < 1.29 is 4.74 Å². The van der Waals surface area contributed by atoms with Crippen LogP contribution in [0.25, 0.3) is 0 Å². The van der Waals surface area contributed by atoms with Crippen LogP contribution in [0.5, 0.6) is 0 Å². The van der Waals surface area contributed by atoms with E-state index in [1.807, 2.05) is 19.2 Å². The van der Waals surface area contributed by atoms with E-state index in [1.54, 1.807) is 0 Å². The van der Waals surface area contributed by atoms with E-state index >= 15 is 0 Å². The summed E-state index contributed by atoms with van der Waals surface area (Å²) in [5.74, 6) is 1.89. The zero-order valence-corrected chi connectivity index (χ0v) is 8.18. The van der Waals surface area contributed by atoms with E-state index in [1.165, 1.54) is 0 Å². The molecular weight excluding hydrogens is 178 g/mol. The predicted molar refractivity (Wildman–Crippen MR) is 52.3 cm³/mol. The smallest absolute Gasteiger partial charge is 0.132 e. The van der Waals surface area contributed by atoms with E-state index < -0.39 is 0 Å². The number of fused-ring (bicyclic) bond motifs is 2. The molecule has 2 fully saturated rings. The standard InChI is InChI=1S/C10H13N3O/c1-7-11-3-2-10(12-7)13-5-9-4-8(13)6-14-9/h2-3,8-9H,4-6H2,1H3/t8-,9-/m0/s1. The minimum absolute atomic E-state index is 0.426. The molecule has 1 aromatic heterocycles. The van der Waals surface area contributed by atoms with Crippen LogP contribution in [0.2, 0.25) is 0 Å². The quantitative estimate of drug-likeness (QED) is 0.657. The van der Waals surface area contributed by atoms with Crippen molar-refractivity contribution in [1.29, 1.82) is 0 Å². The van der Waals surface area contributed by atoms with Gasteiger partial charge in [-0.25, -0.2) is 9.97 Å². The van der Waals surface area contributed by atoms with Gasteiger partial charge in [0.2, 0.25) is 0 Å². The number of hydrogen-bond acceptors (Lipinski definition) is 4. The number of rotatable bonds is 1. The van der Waals surface area contributed by atoms with Crippen molar-refractivity contribution in [3.8, 4) is 0 Å². The summed E-state index contributed by atoms with van der Waals surface area (Å²) < 4.78 is 5.55. The van der Waals surface area contributed by atoms with Gasteiger partial charge in [-0.3, -0.25) is 0 Å². The molecule has 2 atom stereocenters. The molecule has 1 aromatic rings. The van der Waals surface area contributed by atoms with Crippen molar-refractivity contribution in [2.75, 3.05) is 18.1 Å². The lowest BCUT2D eigenvalue weighted by Gasteiger charge is -2.27. The van der Waals surface area contributed by atoms with Crippen LogP contribution >= 0.6 is 0 Å². The molecule has 2 bridgehead atoms. The van der Waals surface area contributed by atoms with Crippen LogP contribution in [0.15, 0.2) is 12.3 Å². The molecular formula is C10H13N3O. The Morgan fingerprint density at radius 2 is 2.50 bits per heavy atom. The van der Waals surface area contributed by atoms with Gasteiger partial charge < -0.3 is 9.64 Å². The highest BCUT2D eigenvalue weighted by Crippen LogP contribution is 2.30. The Labute approximate surface area is 82.9 Å². The maximum Gasteiger partial charge on any atom is 0.132 e. The van der Waals surface area contributed by atoms with Crippen LogP contribution < -0.4 is 4.90 Å². The maximum absolute atomic E-state index is 5.55. The van der Waals surface area contributed by atoms with Crippen molar-refractivity contribution in [3.63, 3.8) is 0 Å². The fraction of sp³-hybridized carbons (Fsp3) is 0.600. The molecule has 74 valence electrons. The number of ether oxygens (including phenoxy) is 1. The lowest BCUT2D eigenvalue weighted by Crippen LogP contribution is -2.37. The third-order valence-electron chi connectivity index (χ3n) is 2.96. The summed E-state index contributed by atoms with van der Waals surface area (Å²) in [6.45, 7) is 3.77. The zero-order chi connectivity index (χ0) is 9.54. The molecule has 14 heavy (non-hydrogen) atoms. The van der Waals surface area contributed by atoms with E-state index in [2.05, 4.69) is 14.9 Å². The van der Waals surface area contributed by atoms with E-state index in [-0.39, 0.29) is 0 Å². The van der Waals surface area contributed by atoms with Gasteiger partial charge >= 0.3 is 0 Å². The minimum Gasteiger partial charge on any atom is -0.374 e. The van der Waals surface area contributed by atoms with Gasteiger partial charge in [-0.1, -0.05) is 0 Å². The second-order valence-corrected chi connectivity index (χ2v) is 3.96. The first-order valence-corrected chi connectivity index (χ1v) is 5.01. The molecule has 4 nitrogen and oxygen atoms in total. The number of nitrogens with zero attached hydrogens (tertiary/aromatic N) is 3. The van der Waals surface area contributed by atoms with E-state index in [4.69, 9.17) is 4.74 Å². The lowest BCUT2D eigenvalue weighted by molar-refractivity contribution is 0.0989. The van der Waals surface area contributed by atoms with Crippen LogP contribution in [0.4, 0.5) is 5.82 Å². The highest BCUT2D eigenvalue weighted by Gasteiger charge is 2.39. The Morgan fingerprint density at radius 1 is 1.57 bits per heavy atom. The average Bonchev–Trinajstić information content (AvgIpc) is 2.78. The van der Waals surface area contributed by atoms with Gasteiger partial charge in [-0.05, 0) is 19.4 Å². The highest BCUT2D eigenvalue weighted by atomic mass is 16.5. The normalized spacial score (nSPS) is 29.9. The second-order valence-electron chi connectivity index (χ2n) is 3.96. The van der Waals surface area contributed by atoms with Crippen molar-refractivity contribution in [3.05, 3.63) is 18.1 Å². The highest BCUT2D eigenvalue weighted by molar-refractivity contribution is 5.41. The van der Waals surface area contributed by atoms with Gasteiger partial charge in [0.15, 0.2) is 0 Å². The predicted octanol–water partition coefficient (Wildman–Crippen LogP) is 0.763. The van der Waals surface area contributed by atoms with Crippen LogP contribution in [0.1, 0.15) is 12.2 Å². The first-order chi connectivity index (χ1) is 6.83. The third-order valence-corrected chi connectivity index (χ3v) is 2.96. The largest absolute Gasteiger partial charge is 0.374 e. The number of anilines is 1. The summed E-state index contributed by atoms with van der Waals surface area (Å²) in [5.41, 5.74) is 0. The van der Waals surface area contributed by atoms with E-state index in [9.17, 15) is 0 Å². The first kappa shape index (κ1) is 8.17. The van der Waals surface area contributed by atoms with Crippen molar-refractivity contribution in [2.24, 2.45) is 0 Å². The number of aryl methyl sites for hydroxylation is 1. The second kappa shape index (κ2) is 2.92. The Bertz CT molecular complexity index is 355. The Hall–Kier alpha value is -1.16. The molecule has 3 heterocycles.